The number of furan rings is 1. The van der Waals surface area contributed by atoms with Crippen LogP contribution in [0, 0.1) is 17.0 Å². The molecule has 1 heterocycles. The van der Waals surface area contributed by atoms with Crippen LogP contribution in [0.2, 0.25) is 0 Å². The van der Waals surface area contributed by atoms with E-state index in [1.807, 2.05) is 0 Å². The fourth-order valence-corrected chi connectivity index (χ4v) is 4.67. The number of non-ortho nitro benzene ring substituents is 1. The van der Waals surface area contributed by atoms with E-state index in [1.54, 1.807) is 43.3 Å². The van der Waals surface area contributed by atoms with Gasteiger partial charge in [-0.25, -0.2) is 8.42 Å². The summed E-state index contributed by atoms with van der Waals surface area (Å²) in [6, 6.07) is 13.6. The molecule has 0 bridgehead atoms. The first kappa shape index (κ1) is 22.2. The third-order valence-electron chi connectivity index (χ3n) is 4.71. The molecular weight excluding hydrogens is 422 g/mol. The molecule has 0 spiro atoms. The fourth-order valence-electron chi connectivity index (χ4n) is 3.03. The van der Waals surface area contributed by atoms with Gasteiger partial charge in [-0.1, -0.05) is 18.2 Å². The normalized spacial score (nSPS) is 11.5. The number of aryl methyl sites for hydroxylation is 1. The van der Waals surface area contributed by atoms with E-state index in [0.29, 0.717) is 22.5 Å². The van der Waals surface area contributed by atoms with Crippen LogP contribution < -0.4 is 5.32 Å². The second kappa shape index (κ2) is 9.11. The van der Waals surface area contributed by atoms with Crippen molar-refractivity contribution in [1.82, 2.24) is 9.62 Å². The molecule has 1 aromatic heterocycles. The first-order valence-electron chi connectivity index (χ1n) is 9.31. The first-order chi connectivity index (χ1) is 14.7. The molecule has 10 heteroatoms. The highest BCUT2D eigenvalue weighted by Crippen LogP contribution is 2.27. The molecule has 9 nitrogen and oxygen atoms in total. The Morgan fingerprint density at radius 1 is 1.13 bits per heavy atom. The molecule has 0 unspecified atom stereocenters. The minimum absolute atomic E-state index is 0.0147. The van der Waals surface area contributed by atoms with Crippen molar-refractivity contribution in [3.8, 4) is 0 Å². The summed E-state index contributed by atoms with van der Waals surface area (Å²) in [5.74, 6) is 0.174. The Kier molecular flexibility index (Phi) is 6.52. The summed E-state index contributed by atoms with van der Waals surface area (Å²) in [5, 5.41) is 13.7. The van der Waals surface area contributed by atoms with E-state index in [2.05, 4.69) is 5.32 Å². The summed E-state index contributed by atoms with van der Waals surface area (Å²) in [7, 11) is -2.58. The molecule has 0 saturated heterocycles. The van der Waals surface area contributed by atoms with Gasteiger partial charge in [-0.3, -0.25) is 14.9 Å². The highest BCUT2D eigenvalue weighted by molar-refractivity contribution is 7.89. The zero-order valence-electron chi connectivity index (χ0n) is 16.9. The van der Waals surface area contributed by atoms with Crippen molar-refractivity contribution < 1.29 is 22.6 Å². The number of hydrogen-bond donors (Lipinski definition) is 1. The Bertz CT molecular complexity index is 1190. The van der Waals surface area contributed by atoms with E-state index in [1.165, 1.54) is 29.7 Å². The Labute approximate surface area is 179 Å². The third kappa shape index (κ3) is 4.98. The lowest BCUT2D eigenvalue weighted by Crippen LogP contribution is -2.30. The first-order valence-corrected chi connectivity index (χ1v) is 10.7. The van der Waals surface area contributed by atoms with Crippen molar-refractivity contribution in [3.05, 3.63) is 93.4 Å². The monoisotopic (exact) mass is 443 g/mol. The molecular formula is C21H21N3O6S. The second-order valence-electron chi connectivity index (χ2n) is 6.84. The van der Waals surface area contributed by atoms with E-state index >= 15 is 0 Å². The molecule has 0 saturated carbocycles. The lowest BCUT2D eigenvalue weighted by Gasteiger charge is -2.22. The van der Waals surface area contributed by atoms with Crippen LogP contribution in [0.15, 0.2) is 70.2 Å². The fraction of sp³-hybridized carbons (Fsp3) is 0.190. The molecule has 1 N–H and O–H groups in total. The topological polar surface area (TPSA) is 123 Å². The highest BCUT2D eigenvalue weighted by Gasteiger charge is 2.29. The van der Waals surface area contributed by atoms with Crippen LogP contribution in [0.4, 0.5) is 5.69 Å². The molecule has 162 valence electrons. The maximum absolute atomic E-state index is 13.5. The van der Waals surface area contributed by atoms with Crippen LogP contribution in [-0.2, 0) is 23.1 Å². The van der Waals surface area contributed by atoms with E-state index in [9.17, 15) is 23.3 Å². The molecule has 3 rings (SSSR count). The zero-order chi connectivity index (χ0) is 22.6. The van der Waals surface area contributed by atoms with Gasteiger partial charge >= 0.3 is 0 Å². The van der Waals surface area contributed by atoms with Gasteiger partial charge in [0.15, 0.2) is 0 Å². The number of amides is 1. The maximum atomic E-state index is 13.5. The Morgan fingerprint density at radius 3 is 2.42 bits per heavy atom. The number of benzene rings is 2. The maximum Gasteiger partial charge on any atom is 0.270 e. The van der Waals surface area contributed by atoms with Crippen molar-refractivity contribution in [2.45, 2.75) is 24.9 Å². The number of nitro groups is 1. The summed E-state index contributed by atoms with van der Waals surface area (Å²) >= 11 is 0. The molecule has 1 amide bonds. The average Bonchev–Trinajstić information content (AvgIpc) is 3.26. The van der Waals surface area contributed by atoms with Gasteiger partial charge in [0.1, 0.15) is 5.76 Å². The van der Waals surface area contributed by atoms with Crippen LogP contribution in [0.5, 0.6) is 0 Å². The lowest BCUT2D eigenvalue weighted by atomic mass is 10.1. The predicted octanol–water partition coefficient (Wildman–Crippen LogP) is 3.25. The standard InChI is InChI=1S/C21H21N3O6S/c1-15-5-10-18(24(26)27)12-20(15)31(28,29)23(14-19-4-3-11-30-19)13-16-6-8-17(9-7-16)21(25)22-2/h3-12H,13-14H2,1-2H3,(H,22,25). The lowest BCUT2D eigenvalue weighted by molar-refractivity contribution is -0.385. The van der Waals surface area contributed by atoms with E-state index in [4.69, 9.17) is 4.42 Å². The number of sulfonamides is 1. The molecule has 0 aliphatic rings. The quantitative estimate of drug-likeness (QED) is 0.421. The Hall–Kier alpha value is -3.50. The number of nitrogens with zero attached hydrogens (tertiary/aromatic N) is 2. The van der Waals surface area contributed by atoms with Crippen molar-refractivity contribution in [2.24, 2.45) is 0 Å². The molecule has 31 heavy (non-hydrogen) atoms. The summed E-state index contributed by atoms with van der Waals surface area (Å²) in [5.41, 5.74) is 1.18. The van der Waals surface area contributed by atoms with Crippen molar-refractivity contribution in [1.29, 1.82) is 0 Å². The zero-order valence-corrected chi connectivity index (χ0v) is 17.8. The summed E-state index contributed by atoms with van der Waals surface area (Å²) in [4.78, 5) is 22.1. The van der Waals surface area contributed by atoms with Gasteiger partial charge in [-0.15, -0.1) is 0 Å². The minimum atomic E-state index is -4.10. The summed E-state index contributed by atoms with van der Waals surface area (Å²) < 4.78 is 33.5. The van der Waals surface area contributed by atoms with Crippen LogP contribution in [0.3, 0.4) is 0 Å². The van der Waals surface area contributed by atoms with E-state index < -0.39 is 14.9 Å². The number of carbonyl (C=O) groups excluding carboxylic acids is 1. The largest absolute Gasteiger partial charge is 0.468 e. The number of hydrogen-bond acceptors (Lipinski definition) is 6. The number of rotatable bonds is 8. The smallest absolute Gasteiger partial charge is 0.270 e. The Morgan fingerprint density at radius 2 is 1.84 bits per heavy atom. The number of nitro benzene ring substituents is 1. The van der Waals surface area contributed by atoms with Gasteiger partial charge in [0.2, 0.25) is 10.0 Å². The molecule has 0 fully saturated rings. The van der Waals surface area contributed by atoms with Gasteiger partial charge in [-0.05, 0) is 42.3 Å². The average molecular weight is 443 g/mol. The molecule has 0 aliphatic carbocycles. The molecule has 0 atom stereocenters. The van der Waals surface area contributed by atoms with Crippen LogP contribution >= 0.6 is 0 Å². The molecule has 3 aromatic rings. The van der Waals surface area contributed by atoms with Gasteiger partial charge in [0.25, 0.3) is 11.6 Å². The summed E-state index contributed by atoms with van der Waals surface area (Å²) in [6.45, 7) is 1.51. The molecule has 2 aromatic carbocycles. The van der Waals surface area contributed by atoms with Gasteiger partial charge in [-0.2, -0.15) is 4.31 Å². The van der Waals surface area contributed by atoms with Crippen LogP contribution in [-0.4, -0.2) is 30.6 Å². The highest BCUT2D eigenvalue weighted by atomic mass is 32.2. The Balaban J connectivity index is 2.00. The van der Waals surface area contributed by atoms with Crippen LogP contribution in [0.25, 0.3) is 0 Å². The number of nitrogens with one attached hydrogen (secondary N) is 1. The summed E-state index contributed by atoms with van der Waals surface area (Å²) in [6.07, 6.45) is 1.44. The number of carbonyl (C=O) groups is 1. The predicted molar refractivity (Wildman–Crippen MR) is 113 cm³/mol. The van der Waals surface area contributed by atoms with Crippen molar-refractivity contribution >= 4 is 21.6 Å². The van der Waals surface area contributed by atoms with Crippen molar-refractivity contribution in [2.75, 3.05) is 7.05 Å². The van der Waals surface area contributed by atoms with E-state index in [-0.39, 0.29) is 29.6 Å². The van der Waals surface area contributed by atoms with Crippen molar-refractivity contribution in [3.63, 3.8) is 0 Å². The minimum Gasteiger partial charge on any atom is -0.468 e. The van der Waals surface area contributed by atoms with Gasteiger partial charge in [0.05, 0.1) is 22.6 Å². The second-order valence-corrected chi connectivity index (χ2v) is 8.74. The van der Waals surface area contributed by atoms with E-state index in [0.717, 1.165) is 6.07 Å². The molecule has 0 radical (unpaired) electrons. The van der Waals surface area contributed by atoms with Gasteiger partial charge in [0, 0.05) is 31.3 Å². The van der Waals surface area contributed by atoms with Gasteiger partial charge < -0.3 is 9.73 Å². The van der Waals surface area contributed by atoms with Crippen LogP contribution in [0.1, 0.15) is 27.2 Å². The third-order valence-corrected chi connectivity index (χ3v) is 6.65. The molecule has 0 aliphatic heterocycles. The SMILES string of the molecule is CNC(=O)c1ccc(CN(Cc2ccco2)S(=O)(=O)c2cc([N+](=O)[O-])ccc2C)cc1.